The summed E-state index contributed by atoms with van der Waals surface area (Å²) < 4.78 is 39.8. The molecule has 0 saturated heterocycles. The molecule has 5 aromatic carbocycles. The summed E-state index contributed by atoms with van der Waals surface area (Å²) in [6, 6.07) is 33.2. The molecule has 0 spiro atoms. The van der Waals surface area contributed by atoms with E-state index >= 15 is 0 Å². The highest BCUT2D eigenvalue weighted by Crippen LogP contribution is 2.35. The smallest absolute Gasteiger partial charge is 0.166 e. The van der Waals surface area contributed by atoms with Crippen molar-refractivity contribution >= 4 is 10.8 Å². The van der Waals surface area contributed by atoms with Crippen molar-refractivity contribution in [3.05, 3.63) is 120 Å². The molecular formula is C31H23F3. The van der Waals surface area contributed by atoms with Gasteiger partial charge in [-0.2, -0.15) is 13.2 Å². The molecule has 0 nitrogen and oxygen atoms in total. The molecule has 0 fully saturated rings. The lowest BCUT2D eigenvalue weighted by Gasteiger charge is -2.12. The first-order valence-corrected chi connectivity index (χ1v) is 11.2. The maximum absolute atomic E-state index is 13.3. The van der Waals surface area contributed by atoms with Crippen LogP contribution in [0, 0.1) is 13.8 Å². The lowest BCUT2D eigenvalue weighted by molar-refractivity contribution is -0.137. The quantitative estimate of drug-likeness (QED) is 0.256. The monoisotopic (exact) mass is 452 g/mol. The van der Waals surface area contributed by atoms with Crippen molar-refractivity contribution in [2.45, 2.75) is 20.0 Å². The molecule has 0 amide bonds. The third-order valence-corrected chi connectivity index (χ3v) is 6.18. The first-order valence-electron chi connectivity index (χ1n) is 11.2. The molecular weight excluding hydrogens is 429 g/mol. The van der Waals surface area contributed by atoms with E-state index in [1.165, 1.54) is 28.8 Å². The second kappa shape index (κ2) is 8.49. The largest absolute Gasteiger partial charge is 0.416 e. The minimum atomic E-state index is -4.36. The molecule has 0 N–H and O–H groups in total. The summed E-state index contributed by atoms with van der Waals surface area (Å²) in [5.74, 6) is 0. The van der Waals surface area contributed by atoms with Crippen LogP contribution in [0.5, 0.6) is 0 Å². The van der Waals surface area contributed by atoms with Gasteiger partial charge in [-0.3, -0.25) is 0 Å². The lowest BCUT2D eigenvalue weighted by atomic mass is 9.95. The number of hydrogen-bond acceptors (Lipinski definition) is 0. The zero-order valence-electron chi connectivity index (χ0n) is 18.9. The average Bonchev–Trinajstić information content (AvgIpc) is 2.83. The van der Waals surface area contributed by atoms with E-state index in [-0.39, 0.29) is 0 Å². The maximum atomic E-state index is 13.3. The average molecular weight is 453 g/mol. The molecule has 5 rings (SSSR count). The molecule has 5 aromatic rings. The topological polar surface area (TPSA) is 0 Å². The summed E-state index contributed by atoms with van der Waals surface area (Å²) in [4.78, 5) is 0. The number of alkyl halides is 3. The fourth-order valence-electron chi connectivity index (χ4n) is 4.32. The molecule has 0 aliphatic rings. The van der Waals surface area contributed by atoms with Gasteiger partial charge in [0.2, 0.25) is 0 Å². The highest BCUT2D eigenvalue weighted by molar-refractivity contribution is 5.91. The van der Waals surface area contributed by atoms with Gasteiger partial charge < -0.3 is 0 Å². The van der Waals surface area contributed by atoms with Crippen molar-refractivity contribution in [1.29, 1.82) is 0 Å². The summed E-state index contributed by atoms with van der Waals surface area (Å²) >= 11 is 0. The highest BCUT2D eigenvalue weighted by Gasteiger charge is 2.31. The summed E-state index contributed by atoms with van der Waals surface area (Å²) in [7, 11) is 0. The van der Waals surface area contributed by atoms with Crippen LogP contribution in [-0.4, -0.2) is 0 Å². The van der Waals surface area contributed by atoms with E-state index in [1.807, 2.05) is 24.3 Å². The van der Waals surface area contributed by atoms with E-state index in [0.29, 0.717) is 11.1 Å². The van der Waals surface area contributed by atoms with Crippen LogP contribution in [0.1, 0.15) is 16.7 Å². The van der Waals surface area contributed by atoms with Crippen LogP contribution in [0.15, 0.2) is 103 Å². The SMILES string of the molecule is Cc1ccc(-c2ccc(-c3ccc4cc(-c5cc(C)cc(C(F)(F)F)c5)ccc4c3)cc2)cc1. The Labute approximate surface area is 197 Å². The Hall–Kier alpha value is -3.85. The van der Waals surface area contributed by atoms with E-state index in [9.17, 15) is 13.2 Å². The molecule has 168 valence electrons. The number of aryl methyl sites for hydroxylation is 2. The predicted octanol–water partition coefficient (Wildman–Crippen LogP) is 9.48. The van der Waals surface area contributed by atoms with Gasteiger partial charge in [0.1, 0.15) is 0 Å². The summed E-state index contributed by atoms with van der Waals surface area (Å²) in [6.45, 7) is 3.77. The fraction of sp³-hybridized carbons (Fsp3) is 0.0968. The molecule has 0 bridgehead atoms. The second-order valence-corrected chi connectivity index (χ2v) is 8.81. The fourth-order valence-corrected chi connectivity index (χ4v) is 4.32. The Bertz CT molecular complexity index is 1470. The second-order valence-electron chi connectivity index (χ2n) is 8.81. The Morgan fingerprint density at radius 3 is 1.38 bits per heavy atom. The van der Waals surface area contributed by atoms with Gasteiger partial charge in [-0.15, -0.1) is 0 Å². The van der Waals surface area contributed by atoms with Crippen LogP contribution in [0.25, 0.3) is 44.2 Å². The van der Waals surface area contributed by atoms with Gasteiger partial charge in [0.15, 0.2) is 0 Å². The van der Waals surface area contributed by atoms with E-state index in [0.717, 1.165) is 27.5 Å². The highest BCUT2D eigenvalue weighted by atomic mass is 19.4. The van der Waals surface area contributed by atoms with Gasteiger partial charge in [-0.05, 0) is 87.8 Å². The number of halogens is 3. The van der Waals surface area contributed by atoms with Gasteiger partial charge in [-0.25, -0.2) is 0 Å². The molecule has 0 atom stereocenters. The molecule has 0 saturated carbocycles. The number of hydrogen-bond donors (Lipinski definition) is 0. The standard InChI is InChI=1S/C31H23F3/c1-20-3-5-22(6-4-20)23-7-9-24(10-8-23)25-11-12-27-18-28(14-13-26(27)17-25)29-15-21(2)16-30(19-29)31(32,33)34/h3-19H,1-2H3. The van der Waals surface area contributed by atoms with Gasteiger partial charge in [-0.1, -0.05) is 84.4 Å². The summed E-state index contributed by atoms with van der Waals surface area (Å²) in [5, 5.41) is 2.04. The van der Waals surface area contributed by atoms with Gasteiger partial charge >= 0.3 is 6.18 Å². The van der Waals surface area contributed by atoms with Gasteiger partial charge in [0.05, 0.1) is 5.56 Å². The van der Waals surface area contributed by atoms with Crippen LogP contribution >= 0.6 is 0 Å². The Morgan fingerprint density at radius 1 is 0.412 bits per heavy atom. The van der Waals surface area contributed by atoms with Crippen molar-refractivity contribution in [2.75, 3.05) is 0 Å². The zero-order valence-corrected chi connectivity index (χ0v) is 18.9. The molecule has 0 unspecified atom stereocenters. The molecule has 0 radical (unpaired) electrons. The molecule has 0 aliphatic heterocycles. The first kappa shape index (κ1) is 22.0. The van der Waals surface area contributed by atoms with Gasteiger partial charge in [0, 0.05) is 0 Å². The minimum absolute atomic E-state index is 0.574. The van der Waals surface area contributed by atoms with Crippen LogP contribution in [0.4, 0.5) is 13.2 Å². The van der Waals surface area contributed by atoms with Crippen LogP contribution in [0.2, 0.25) is 0 Å². The Morgan fingerprint density at radius 2 is 0.853 bits per heavy atom. The third kappa shape index (κ3) is 4.47. The van der Waals surface area contributed by atoms with Crippen molar-refractivity contribution in [2.24, 2.45) is 0 Å². The molecule has 3 heteroatoms. The molecule has 34 heavy (non-hydrogen) atoms. The van der Waals surface area contributed by atoms with Crippen molar-refractivity contribution < 1.29 is 13.2 Å². The maximum Gasteiger partial charge on any atom is 0.416 e. The van der Waals surface area contributed by atoms with Crippen LogP contribution < -0.4 is 0 Å². The summed E-state index contributed by atoms with van der Waals surface area (Å²) in [5.41, 5.74) is 7.14. The normalized spacial score (nSPS) is 11.7. The van der Waals surface area contributed by atoms with Crippen molar-refractivity contribution in [1.82, 2.24) is 0 Å². The summed E-state index contributed by atoms with van der Waals surface area (Å²) in [6.07, 6.45) is -4.36. The van der Waals surface area contributed by atoms with Crippen LogP contribution in [-0.2, 0) is 6.18 Å². The minimum Gasteiger partial charge on any atom is -0.166 e. The lowest BCUT2D eigenvalue weighted by Crippen LogP contribution is -2.05. The molecule has 0 heterocycles. The van der Waals surface area contributed by atoms with Crippen molar-refractivity contribution in [3.63, 3.8) is 0 Å². The third-order valence-electron chi connectivity index (χ3n) is 6.18. The number of benzene rings is 5. The zero-order chi connectivity index (χ0) is 23.9. The Balaban J connectivity index is 1.46. The van der Waals surface area contributed by atoms with E-state index < -0.39 is 11.7 Å². The van der Waals surface area contributed by atoms with E-state index in [2.05, 4.69) is 67.6 Å². The number of fused-ring (bicyclic) bond motifs is 1. The molecule has 0 aliphatic carbocycles. The van der Waals surface area contributed by atoms with Gasteiger partial charge in [0.25, 0.3) is 0 Å². The first-order chi connectivity index (χ1) is 16.3. The van der Waals surface area contributed by atoms with Crippen molar-refractivity contribution in [3.8, 4) is 33.4 Å². The van der Waals surface area contributed by atoms with Crippen LogP contribution in [0.3, 0.4) is 0 Å². The Kier molecular flexibility index (Phi) is 5.49. The van der Waals surface area contributed by atoms with E-state index in [4.69, 9.17) is 0 Å². The van der Waals surface area contributed by atoms with E-state index in [1.54, 1.807) is 13.0 Å². The number of rotatable bonds is 3. The predicted molar refractivity (Wildman–Crippen MR) is 135 cm³/mol. The molecule has 0 aromatic heterocycles.